The third-order valence-electron chi connectivity index (χ3n) is 4.01. The van der Waals surface area contributed by atoms with Gasteiger partial charge in [-0.15, -0.1) is 0 Å². The first kappa shape index (κ1) is 15.5. The van der Waals surface area contributed by atoms with Crippen LogP contribution in [0.15, 0.2) is 12.4 Å². The van der Waals surface area contributed by atoms with Crippen LogP contribution in [0.4, 0.5) is 5.82 Å². The average molecular weight is 314 g/mol. The number of hydrogen-bond donors (Lipinski definition) is 1. The van der Waals surface area contributed by atoms with E-state index in [1.165, 1.54) is 6.33 Å². The lowest BCUT2D eigenvalue weighted by Crippen LogP contribution is -2.39. The minimum atomic E-state index is -0.250. The predicted molar refractivity (Wildman–Crippen MR) is 86.8 cm³/mol. The summed E-state index contributed by atoms with van der Waals surface area (Å²) in [4.78, 5) is 23.1. The van der Waals surface area contributed by atoms with Crippen molar-refractivity contribution in [1.29, 1.82) is 0 Å². The number of nitrogens with zero attached hydrogens (tertiary/aromatic N) is 5. The average Bonchev–Trinajstić information content (AvgIpc) is 2.88. The minimum Gasteiger partial charge on any atom is -0.383 e. The predicted octanol–water partition coefficient (Wildman–Crippen LogP) is 1.52. The fourth-order valence-electron chi connectivity index (χ4n) is 2.88. The van der Waals surface area contributed by atoms with Gasteiger partial charge in [0.05, 0.1) is 23.5 Å². The molecule has 1 aliphatic heterocycles. The standard InChI is InChI=1S/C16H22N6O/c1-10-7-13(22(20-10)16(2,3)4)15(23)21-6-5-11-12(8-21)18-9-19-14(11)17/h7,9H,5-6,8H2,1-4H3,(H2,17,18,19). The fourth-order valence-corrected chi connectivity index (χ4v) is 2.88. The second-order valence-corrected chi connectivity index (χ2v) is 6.91. The Bertz CT molecular complexity index is 758. The molecule has 7 nitrogen and oxygen atoms in total. The smallest absolute Gasteiger partial charge is 0.272 e. The van der Waals surface area contributed by atoms with E-state index in [-0.39, 0.29) is 11.4 Å². The van der Waals surface area contributed by atoms with Gasteiger partial charge in [-0.2, -0.15) is 5.10 Å². The topological polar surface area (TPSA) is 89.9 Å². The molecule has 0 bridgehead atoms. The molecular weight excluding hydrogens is 292 g/mol. The summed E-state index contributed by atoms with van der Waals surface area (Å²) in [7, 11) is 0. The Morgan fingerprint density at radius 3 is 2.74 bits per heavy atom. The highest BCUT2D eigenvalue weighted by Crippen LogP contribution is 2.24. The number of anilines is 1. The number of nitrogens with two attached hydrogens (primary N) is 1. The Balaban J connectivity index is 1.91. The minimum absolute atomic E-state index is 0.0247. The molecule has 7 heteroatoms. The molecule has 2 aromatic rings. The zero-order valence-corrected chi connectivity index (χ0v) is 14.0. The van der Waals surface area contributed by atoms with Crippen molar-refractivity contribution in [3.8, 4) is 0 Å². The maximum atomic E-state index is 13.0. The SMILES string of the molecule is Cc1cc(C(=O)N2CCc3c(N)ncnc3C2)n(C(C)(C)C)n1. The molecule has 2 N–H and O–H groups in total. The van der Waals surface area contributed by atoms with Crippen molar-refractivity contribution in [2.75, 3.05) is 12.3 Å². The Hall–Kier alpha value is -2.44. The van der Waals surface area contributed by atoms with E-state index >= 15 is 0 Å². The molecule has 2 aromatic heterocycles. The summed E-state index contributed by atoms with van der Waals surface area (Å²) < 4.78 is 1.80. The van der Waals surface area contributed by atoms with Crippen LogP contribution >= 0.6 is 0 Å². The molecule has 0 aromatic carbocycles. The molecule has 0 atom stereocenters. The number of carbonyl (C=O) groups is 1. The quantitative estimate of drug-likeness (QED) is 0.862. The number of aryl methyl sites for hydroxylation is 1. The van der Waals surface area contributed by atoms with Gasteiger partial charge < -0.3 is 10.6 Å². The summed E-state index contributed by atoms with van der Waals surface area (Å²) in [6, 6.07) is 1.84. The molecular formula is C16H22N6O. The highest BCUT2D eigenvalue weighted by molar-refractivity contribution is 5.93. The van der Waals surface area contributed by atoms with Gasteiger partial charge in [0.15, 0.2) is 0 Å². The summed E-state index contributed by atoms with van der Waals surface area (Å²) in [6.07, 6.45) is 2.13. The summed E-state index contributed by atoms with van der Waals surface area (Å²) >= 11 is 0. The van der Waals surface area contributed by atoms with Crippen molar-refractivity contribution in [3.63, 3.8) is 0 Å². The van der Waals surface area contributed by atoms with Crippen LogP contribution in [0.2, 0.25) is 0 Å². The number of nitrogen functional groups attached to an aromatic ring is 1. The van der Waals surface area contributed by atoms with Crippen LogP contribution in [0.1, 0.15) is 48.2 Å². The second kappa shape index (κ2) is 5.33. The number of aromatic nitrogens is 4. The van der Waals surface area contributed by atoms with Gasteiger partial charge in [0.25, 0.3) is 5.91 Å². The maximum Gasteiger partial charge on any atom is 0.272 e. The highest BCUT2D eigenvalue weighted by atomic mass is 16.2. The van der Waals surface area contributed by atoms with Crippen LogP contribution in [-0.4, -0.2) is 37.1 Å². The monoisotopic (exact) mass is 314 g/mol. The lowest BCUT2D eigenvalue weighted by molar-refractivity contribution is 0.0711. The zero-order chi connectivity index (χ0) is 16.8. The van der Waals surface area contributed by atoms with Crippen LogP contribution in [0, 0.1) is 6.92 Å². The first-order valence-electron chi connectivity index (χ1n) is 7.72. The normalized spacial score (nSPS) is 14.7. The van der Waals surface area contributed by atoms with E-state index in [1.54, 1.807) is 9.58 Å². The number of rotatable bonds is 1. The molecule has 0 saturated carbocycles. The van der Waals surface area contributed by atoms with Crippen molar-refractivity contribution in [2.45, 2.75) is 46.2 Å². The van der Waals surface area contributed by atoms with Crippen molar-refractivity contribution in [3.05, 3.63) is 35.0 Å². The van der Waals surface area contributed by atoms with Crippen LogP contribution in [0.25, 0.3) is 0 Å². The van der Waals surface area contributed by atoms with Gasteiger partial charge in [-0.1, -0.05) is 0 Å². The second-order valence-electron chi connectivity index (χ2n) is 6.91. The van der Waals surface area contributed by atoms with Gasteiger partial charge >= 0.3 is 0 Å². The van der Waals surface area contributed by atoms with E-state index in [4.69, 9.17) is 5.73 Å². The van der Waals surface area contributed by atoms with E-state index in [0.29, 0.717) is 31.0 Å². The van der Waals surface area contributed by atoms with Crippen molar-refractivity contribution in [2.24, 2.45) is 0 Å². The molecule has 0 saturated heterocycles. The Labute approximate surface area is 135 Å². The van der Waals surface area contributed by atoms with Crippen molar-refractivity contribution < 1.29 is 4.79 Å². The molecule has 3 heterocycles. The lowest BCUT2D eigenvalue weighted by Gasteiger charge is -2.30. The number of hydrogen-bond acceptors (Lipinski definition) is 5. The van der Waals surface area contributed by atoms with Crippen molar-refractivity contribution in [1.82, 2.24) is 24.6 Å². The van der Waals surface area contributed by atoms with Crippen LogP contribution in [0.3, 0.4) is 0 Å². The Morgan fingerprint density at radius 1 is 1.30 bits per heavy atom. The third kappa shape index (κ3) is 2.78. The number of amides is 1. The molecule has 0 aliphatic carbocycles. The number of fused-ring (bicyclic) bond motifs is 1. The molecule has 0 spiro atoms. The molecule has 23 heavy (non-hydrogen) atoms. The Kier molecular flexibility index (Phi) is 3.58. The molecule has 0 unspecified atom stereocenters. The summed E-state index contributed by atoms with van der Waals surface area (Å²) in [6.45, 7) is 9.08. The summed E-state index contributed by atoms with van der Waals surface area (Å²) in [5.74, 6) is 0.487. The van der Waals surface area contributed by atoms with E-state index in [2.05, 4.69) is 15.1 Å². The molecule has 0 fully saturated rings. The zero-order valence-electron chi connectivity index (χ0n) is 14.0. The summed E-state index contributed by atoms with van der Waals surface area (Å²) in [5, 5.41) is 4.48. The molecule has 0 radical (unpaired) electrons. The molecule has 122 valence electrons. The van der Waals surface area contributed by atoms with Gasteiger partial charge in [0.2, 0.25) is 0 Å². The van der Waals surface area contributed by atoms with Crippen molar-refractivity contribution >= 4 is 11.7 Å². The third-order valence-corrected chi connectivity index (χ3v) is 4.01. The Morgan fingerprint density at radius 2 is 2.04 bits per heavy atom. The van der Waals surface area contributed by atoms with E-state index in [9.17, 15) is 4.79 Å². The van der Waals surface area contributed by atoms with E-state index in [0.717, 1.165) is 17.0 Å². The van der Waals surface area contributed by atoms with Gasteiger partial charge in [0, 0.05) is 12.1 Å². The summed E-state index contributed by atoms with van der Waals surface area (Å²) in [5.41, 5.74) is 8.88. The maximum absolute atomic E-state index is 13.0. The fraction of sp³-hybridized carbons (Fsp3) is 0.500. The van der Waals surface area contributed by atoms with Gasteiger partial charge in [-0.25, -0.2) is 9.97 Å². The van der Waals surface area contributed by atoms with Crippen LogP contribution in [-0.2, 0) is 18.5 Å². The molecule has 3 rings (SSSR count). The van der Waals surface area contributed by atoms with E-state index < -0.39 is 0 Å². The largest absolute Gasteiger partial charge is 0.383 e. The van der Waals surface area contributed by atoms with E-state index in [1.807, 2.05) is 33.8 Å². The first-order valence-corrected chi connectivity index (χ1v) is 7.72. The van der Waals surface area contributed by atoms with Gasteiger partial charge in [-0.05, 0) is 40.2 Å². The lowest BCUT2D eigenvalue weighted by atomic mass is 10.0. The highest BCUT2D eigenvalue weighted by Gasteiger charge is 2.29. The first-order chi connectivity index (χ1) is 10.8. The molecule has 1 amide bonds. The van der Waals surface area contributed by atoms with Crippen LogP contribution < -0.4 is 5.73 Å². The van der Waals surface area contributed by atoms with Crippen LogP contribution in [0.5, 0.6) is 0 Å². The van der Waals surface area contributed by atoms with Gasteiger partial charge in [-0.3, -0.25) is 9.48 Å². The van der Waals surface area contributed by atoms with Gasteiger partial charge in [0.1, 0.15) is 17.8 Å². The molecule has 1 aliphatic rings. The number of carbonyl (C=O) groups excluding carboxylic acids is 1.